The lowest BCUT2D eigenvalue weighted by Crippen LogP contribution is -2.33. The molecule has 0 radical (unpaired) electrons. The summed E-state index contributed by atoms with van der Waals surface area (Å²) < 4.78 is 0. The van der Waals surface area contributed by atoms with Gasteiger partial charge in [-0.3, -0.25) is 4.79 Å². The molecule has 0 aliphatic heterocycles. The Morgan fingerprint density at radius 1 is 1.27 bits per heavy atom. The van der Waals surface area contributed by atoms with Crippen LogP contribution in [0.1, 0.15) is 20.8 Å². The van der Waals surface area contributed by atoms with E-state index in [0.29, 0.717) is 0 Å². The molecule has 68 valence electrons. The van der Waals surface area contributed by atoms with E-state index in [0.717, 1.165) is 9.55 Å². The summed E-state index contributed by atoms with van der Waals surface area (Å²) in [6.45, 7) is 5.74. The molecule has 0 aromatic rings. The average molecular weight is 196 g/mol. The highest BCUT2D eigenvalue weighted by atomic mass is 35.6. The van der Waals surface area contributed by atoms with Crippen LogP contribution in [0.15, 0.2) is 0 Å². The summed E-state index contributed by atoms with van der Waals surface area (Å²) in [5, 5.41) is 0. The minimum Gasteiger partial charge on any atom is -0.348 e. The molecule has 0 atom stereocenters. The molecule has 0 spiro atoms. The fraction of sp³-hybridized carbons (Fsp3) is 0.857. The first-order valence-electron chi connectivity index (χ1n) is 3.45. The first kappa shape index (κ1) is 13.6. The van der Waals surface area contributed by atoms with Gasteiger partial charge in [-0.05, 0) is 0 Å². The molecular weight excluding hydrogens is 178 g/mol. The molecule has 0 aliphatic rings. The van der Waals surface area contributed by atoms with Crippen molar-refractivity contribution in [1.82, 2.24) is 4.90 Å². The molecule has 4 heteroatoms. The van der Waals surface area contributed by atoms with E-state index in [1.807, 2.05) is 20.8 Å². The molecule has 1 amide bonds. The third kappa shape index (κ3) is 6.38. The molecule has 0 bridgehead atoms. The molecule has 0 aliphatic carbocycles. The average Bonchev–Trinajstić information content (AvgIpc) is 1.89. The lowest BCUT2D eigenvalue weighted by atomic mass is 9.95. The van der Waals surface area contributed by atoms with Crippen molar-refractivity contribution < 1.29 is 4.79 Å². The summed E-state index contributed by atoms with van der Waals surface area (Å²) in [5.41, 5.74) is -0.233. The van der Waals surface area contributed by atoms with Gasteiger partial charge in [0.25, 0.3) is 0 Å². The zero-order valence-electron chi connectivity index (χ0n) is 8.23. The Hall–Kier alpha value is -0.0231. The van der Waals surface area contributed by atoms with E-state index in [2.05, 4.69) is 0 Å². The van der Waals surface area contributed by atoms with Crippen LogP contribution >= 0.6 is 11.1 Å². The van der Waals surface area contributed by atoms with Crippen LogP contribution in [0.25, 0.3) is 0 Å². The molecule has 0 heterocycles. The van der Waals surface area contributed by atoms with Gasteiger partial charge in [-0.15, -0.1) is 0 Å². The highest BCUT2D eigenvalue weighted by molar-refractivity contribution is 6.80. The first-order chi connectivity index (χ1) is 4.85. The van der Waals surface area contributed by atoms with Crippen LogP contribution in [0.3, 0.4) is 0 Å². The van der Waals surface area contributed by atoms with Crippen LogP contribution in [0.2, 0.25) is 0 Å². The van der Waals surface area contributed by atoms with Crippen LogP contribution in [0.4, 0.5) is 0 Å². The molecule has 0 aromatic heterocycles. The second kappa shape index (κ2) is 5.60. The first-order valence-corrected chi connectivity index (χ1v) is 6.47. The Balaban J connectivity index is 0. The molecule has 0 N–H and O–H groups in total. The smallest absolute Gasteiger partial charge is 0.227 e. The number of carbonyl (C=O) groups is 1. The second-order valence-electron chi connectivity index (χ2n) is 3.45. The summed E-state index contributed by atoms with van der Waals surface area (Å²) in [6.07, 6.45) is 0. The second-order valence-corrected chi connectivity index (χ2v) is 3.45. The minimum atomic E-state index is -0.233. The van der Waals surface area contributed by atoms with Crippen LogP contribution in [0.5, 0.6) is 0 Å². The summed E-state index contributed by atoms with van der Waals surface area (Å²) in [7, 11) is 4.32. The number of carbonyl (C=O) groups excluding carboxylic acids is 1. The third-order valence-corrected chi connectivity index (χ3v) is 1.05. The Morgan fingerprint density at radius 2 is 1.55 bits per heavy atom. The van der Waals surface area contributed by atoms with Crippen LogP contribution < -0.4 is 0 Å². The topological polar surface area (TPSA) is 20.3 Å². The highest BCUT2D eigenvalue weighted by Gasteiger charge is 2.22. The van der Waals surface area contributed by atoms with Crippen molar-refractivity contribution in [3.63, 3.8) is 0 Å². The van der Waals surface area contributed by atoms with Gasteiger partial charge < -0.3 is 4.90 Å². The van der Waals surface area contributed by atoms with Crippen molar-refractivity contribution >= 4 is 26.5 Å². The lowest BCUT2D eigenvalue weighted by molar-refractivity contribution is -0.136. The van der Waals surface area contributed by atoms with Gasteiger partial charge in [0.15, 0.2) is 0 Å². The molecule has 0 aromatic carbocycles. The van der Waals surface area contributed by atoms with Gasteiger partial charge >= 0.3 is 0 Å². The van der Waals surface area contributed by atoms with Crippen molar-refractivity contribution in [2.75, 3.05) is 14.1 Å². The normalized spacial score (nSPS) is 10.0. The quantitative estimate of drug-likeness (QED) is 0.410. The van der Waals surface area contributed by atoms with Crippen molar-refractivity contribution in [3.05, 3.63) is 0 Å². The largest absolute Gasteiger partial charge is 0.348 e. The molecule has 0 rings (SSSR count). The number of rotatable bonds is 0. The van der Waals surface area contributed by atoms with Gasteiger partial charge in [-0.2, -0.15) is 11.1 Å². The maximum absolute atomic E-state index is 11.1. The minimum absolute atomic E-state index is 0.169. The summed E-state index contributed by atoms with van der Waals surface area (Å²) in [6, 6.07) is 0. The van der Waals surface area contributed by atoms with Crippen molar-refractivity contribution in [3.8, 4) is 0 Å². The number of halogens is 1. The fourth-order valence-electron chi connectivity index (χ4n) is 0.671. The Kier molecular flexibility index (Phi) is 6.91. The monoisotopic (exact) mass is 195 g/mol. The van der Waals surface area contributed by atoms with Crippen molar-refractivity contribution in [1.29, 1.82) is 0 Å². The summed E-state index contributed by atoms with van der Waals surface area (Å²) in [5.74, 6) is 0.169. The van der Waals surface area contributed by atoms with Gasteiger partial charge in [-0.1, -0.05) is 20.8 Å². The Bertz CT molecular complexity index is 120. The molecule has 0 unspecified atom stereocenters. The van der Waals surface area contributed by atoms with E-state index in [1.165, 1.54) is 0 Å². The Morgan fingerprint density at radius 3 is 1.55 bits per heavy atom. The molecular formula is C7H18ClNOSi. The number of hydrogen-bond acceptors (Lipinski definition) is 1. The Labute approximate surface area is 77.0 Å². The highest BCUT2D eigenvalue weighted by Crippen LogP contribution is 2.14. The third-order valence-electron chi connectivity index (χ3n) is 1.05. The number of hydrogen-bond donors (Lipinski definition) is 0. The number of amides is 1. The summed E-state index contributed by atoms with van der Waals surface area (Å²) >= 11 is 4.78. The molecule has 0 fully saturated rings. The van der Waals surface area contributed by atoms with Gasteiger partial charge in [-0.25, -0.2) is 0 Å². The van der Waals surface area contributed by atoms with E-state index in [1.54, 1.807) is 19.0 Å². The maximum atomic E-state index is 11.1. The van der Waals surface area contributed by atoms with Gasteiger partial charge in [0.05, 0.1) is 0 Å². The molecule has 2 nitrogen and oxygen atoms in total. The van der Waals surface area contributed by atoms with E-state index >= 15 is 0 Å². The van der Waals surface area contributed by atoms with Crippen molar-refractivity contribution in [2.45, 2.75) is 20.8 Å². The van der Waals surface area contributed by atoms with Crippen LogP contribution in [0, 0.1) is 5.41 Å². The van der Waals surface area contributed by atoms with E-state index < -0.39 is 0 Å². The van der Waals surface area contributed by atoms with E-state index in [4.69, 9.17) is 11.1 Å². The standard InChI is InChI=1S/C7H15NO.ClH3Si/c1-7(2,3)6(9)8(4)5;1-2/h1-5H3;2H3. The number of nitrogens with zero attached hydrogens (tertiary/aromatic N) is 1. The van der Waals surface area contributed by atoms with Crippen LogP contribution in [-0.4, -0.2) is 34.5 Å². The molecule has 0 saturated heterocycles. The fourth-order valence-corrected chi connectivity index (χ4v) is 0.671. The van der Waals surface area contributed by atoms with E-state index in [-0.39, 0.29) is 11.3 Å². The van der Waals surface area contributed by atoms with E-state index in [9.17, 15) is 4.79 Å². The van der Waals surface area contributed by atoms with Crippen LogP contribution in [-0.2, 0) is 4.79 Å². The van der Waals surface area contributed by atoms with Crippen molar-refractivity contribution in [2.24, 2.45) is 5.41 Å². The van der Waals surface area contributed by atoms with Gasteiger partial charge in [0.2, 0.25) is 5.91 Å². The van der Waals surface area contributed by atoms with Gasteiger partial charge in [0, 0.05) is 19.5 Å². The summed E-state index contributed by atoms with van der Waals surface area (Å²) in [4.78, 5) is 12.7. The molecule has 11 heavy (non-hydrogen) atoms. The lowest BCUT2D eigenvalue weighted by Gasteiger charge is -2.21. The SMILES string of the molecule is CN(C)C(=O)C(C)(C)C.[SiH3]Cl. The predicted octanol–water partition coefficient (Wildman–Crippen LogP) is 0.626. The maximum Gasteiger partial charge on any atom is 0.227 e. The predicted molar refractivity (Wildman–Crippen MR) is 53.9 cm³/mol. The zero-order valence-corrected chi connectivity index (χ0v) is 11.0. The zero-order chi connectivity index (χ0) is 9.65. The molecule has 0 saturated carbocycles. The van der Waals surface area contributed by atoms with Gasteiger partial charge in [0.1, 0.15) is 9.55 Å².